The molecule has 0 radical (unpaired) electrons. The van der Waals surface area contributed by atoms with E-state index in [4.69, 9.17) is 14.5 Å². The van der Waals surface area contributed by atoms with Gasteiger partial charge in [0, 0.05) is 22.0 Å². The fourth-order valence-corrected chi connectivity index (χ4v) is 4.06. The minimum absolute atomic E-state index is 0.0304. The number of carbonyl (C=O) groups is 1. The molecule has 1 unspecified atom stereocenters. The van der Waals surface area contributed by atoms with E-state index in [1.807, 2.05) is 43.5 Å². The maximum atomic E-state index is 12.9. The molecular weight excluding hydrogens is 428 g/mol. The molecule has 1 aromatic heterocycles. The molecule has 1 aliphatic heterocycles. The van der Waals surface area contributed by atoms with Crippen molar-refractivity contribution in [1.82, 2.24) is 4.98 Å². The number of aromatic nitrogens is 1. The van der Waals surface area contributed by atoms with Crippen LogP contribution in [0.15, 0.2) is 34.1 Å². The minimum Gasteiger partial charge on any atom is -0.378 e. The van der Waals surface area contributed by atoms with Crippen LogP contribution in [-0.2, 0) is 14.3 Å². The fourth-order valence-electron chi connectivity index (χ4n) is 2.94. The molecule has 1 saturated heterocycles. The van der Waals surface area contributed by atoms with Crippen molar-refractivity contribution in [3.8, 4) is 11.3 Å². The van der Waals surface area contributed by atoms with Crippen LogP contribution in [0.5, 0.6) is 0 Å². The van der Waals surface area contributed by atoms with Gasteiger partial charge in [0.25, 0.3) is 0 Å². The topological polar surface area (TPSA) is 51.7 Å². The molecule has 1 fully saturated rings. The van der Waals surface area contributed by atoms with Crippen molar-refractivity contribution in [2.24, 2.45) is 0 Å². The van der Waals surface area contributed by atoms with Crippen molar-refractivity contribution in [3.63, 3.8) is 0 Å². The van der Waals surface area contributed by atoms with Gasteiger partial charge in [0.2, 0.25) is 5.91 Å². The first-order chi connectivity index (χ1) is 13.0. The Morgan fingerprint density at radius 2 is 2.19 bits per heavy atom. The number of amides is 1. The van der Waals surface area contributed by atoms with Crippen molar-refractivity contribution in [3.05, 3.63) is 34.1 Å². The number of thiazole rings is 1. The number of hydrogen-bond donors (Lipinski definition) is 0. The van der Waals surface area contributed by atoms with Crippen LogP contribution < -0.4 is 4.90 Å². The van der Waals surface area contributed by atoms with E-state index in [0.29, 0.717) is 19.6 Å². The summed E-state index contributed by atoms with van der Waals surface area (Å²) >= 11 is 4.95. The zero-order valence-corrected chi connectivity index (χ0v) is 18.1. The van der Waals surface area contributed by atoms with Gasteiger partial charge in [-0.2, -0.15) is 0 Å². The van der Waals surface area contributed by atoms with Crippen molar-refractivity contribution in [1.29, 1.82) is 0 Å². The van der Waals surface area contributed by atoms with E-state index in [1.165, 1.54) is 11.3 Å². The summed E-state index contributed by atoms with van der Waals surface area (Å²) in [7, 11) is 0. The Morgan fingerprint density at radius 3 is 2.85 bits per heavy atom. The first-order valence-electron chi connectivity index (χ1n) is 9.28. The lowest BCUT2D eigenvalue weighted by molar-refractivity contribution is -0.120. The number of hydrogen-bond acceptors (Lipinski definition) is 5. The van der Waals surface area contributed by atoms with Crippen LogP contribution in [-0.4, -0.2) is 42.9 Å². The van der Waals surface area contributed by atoms with Gasteiger partial charge >= 0.3 is 0 Å². The van der Waals surface area contributed by atoms with Crippen molar-refractivity contribution in [2.45, 2.75) is 45.3 Å². The molecule has 2 aromatic rings. The number of ether oxygens (including phenoxy) is 2. The van der Waals surface area contributed by atoms with Gasteiger partial charge in [-0.05, 0) is 38.8 Å². The summed E-state index contributed by atoms with van der Waals surface area (Å²) in [6.07, 6.45) is 2.58. The van der Waals surface area contributed by atoms with Crippen LogP contribution >= 0.6 is 27.3 Å². The molecule has 1 atom stereocenters. The third kappa shape index (κ3) is 5.85. The Morgan fingerprint density at radius 1 is 1.41 bits per heavy atom. The molecule has 3 rings (SSSR count). The van der Waals surface area contributed by atoms with Crippen LogP contribution in [0.2, 0.25) is 0 Å². The zero-order valence-electron chi connectivity index (χ0n) is 15.7. The zero-order chi connectivity index (χ0) is 19.2. The van der Waals surface area contributed by atoms with E-state index in [2.05, 4.69) is 15.9 Å². The highest BCUT2D eigenvalue weighted by Gasteiger charge is 2.26. The number of anilines is 1. The summed E-state index contributed by atoms with van der Waals surface area (Å²) in [5.41, 5.74) is 1.92. The first kappa shape index (κ1) is 20.5. The summed E-state index contributed by atoms with van der Waals surface area (Å²) in [4.78, 5) is 19.4. The van der Waals surface area contributed by atoms with Gasteiger partial charge in [-0.25, -0.2) is 4.98 Å². The van der Waals surface area contributed by atoms with Gasteiger partial charge in [-0.1, -0.05) is 28.1 Å². The van der Waals surface area contributed by atoms with E-state index in [9.17, 15) is 4.79 Å². The summed E-state index contributed by atoms with van der Waals surface area (Å²) in [6.45, 7) is 5.68. The lowest BCUT2D eigenvalue weighted by atomic mass is 10.2. The molecule has 27 heavy (non-hydrogen) atoms. The Bertz CT molecular complexity index is 742. The number of carbonyl (C=O) groups excluding carboxylic acids is 1. The highest BCUT2D eigenvalue weighted by atomic mass is 79.9. The molecule has 7 heteroatoms. The van der Waals surface area contributed by atoms with E-state index in [1.54, 1.807) is 4.90 Å². The maximum Gasteiger partial charge on any atom is 0.231 e. The smallest absolute Gasteiger partial charge is 0.231 e. The lowest BCUT2D eigenvalue weighted by Crippen LogP contribution is -2.38. The molecule has 0 aliphatic carbocycles. The standard InChI is InChI=1S/C20H25BrN2O3S/c1-14(2)25-11-9-19(24)23(12-17-4-3-10-26-17)20-22-18(13-27-20)15-5-7-16(21)8-6-15/h5-8,13-14,17H,3-4,9-12H2,1-2H3. The van der Waals surface area contributed by atoms with E-state index in [-0.39, 0.29) is 18.1 Å². The largest absolute Gasteiger partial charge is 0.378 e. The SMILES string of the molecule is CC(C)OCCC(=O)N(CC1CCCO1)c1nc(-c2ccc(Br)cc2)cs1. The molecule has 2 heterocycles. The Hall–Kier alpha value is -1.28. The van der Waals surface area contributed by atoms with Crippen LogP contribution in [0.25, 0.3) is 11.3 Å². The van der Waals surface area contributed by atoms with Gasteiger partial charge in [-0.15, -0.1) is 11.3 Å². The van der Waals surface area contributed by atoms with Crippen LogP contribution in [0.1, 0.15) is 33.1 Å². The normalized spacial score (nSPS) is 16.8. The molecule has 1 amide bonds. The number of halogens is 1. The van der Waals surface area contributed by atoms with Crippen LogP contribution in [0.4, 0.5) is 5.13 Å². The summed E-state index contributed by atoms with van der Waals surface area (Å²) in [6, 6.07) is 8.02. The minimum atomic E-state index is 0.0304. The molecule has 1 aliphatic rings. The van der Waals surface area contributed by atoms with E-state index >= 15 is 0 Å². The summed E-state index contributed by atoms with van der Waals surface area (Å²) < 4.78 is 12.3. The Kier molecular flexibility index (Phi) is 7.41. The van der Waals surface area contributed by atoms with E-state index < -0.39 is 0 Å². The Balaban J connectivity index is 1.75. The molecule has 0 N–H and O–H groups in total. The quantitative estimate of drug-likeness (QED) is 0.571. The molecular formula is C20H25BrN2O3S. The number of rotatable bonds is 8. The first-order valence-corrected chi connectivity index (χ1v) is 10.9. The van der Waals surface area contributed by atoms with E-state index in [0.717, 1.165) is 40.3 Å². The molecule has 0 spiro atoms. The average Bonchev–Trinajstić information content (AvgIpc) is 3.32. The summed E-state index contributed by atoms with van der Waals surface area (Å²) in [5.74, 6) is 0.0304. The molecule has 0 bridgehead atoms. The van der Waals surface area contributed by atoms with Crippen LogP contribution in [0.3, 0.4) is 0 Å². The van der Waals surface area contributed by atoms with Gasteiger partial charge in [0.15, 0.2) is 5.13 Å². The molecule has 146 valence electrons. The second kappa shape index (κ2) is 9.78. The van der Waals surface area contributed by atoms with Gasteiger partial charge in [-0.3, -0.25) is 9.69 Å². The van der Waals surface area contributed by atoms with Crippen LogP contribution in [0, 0.1) is 0 Å². The van der Waals surface area contributed by atoms with Crippen molar-refractivity contribution >= 4 is 38.3 Å². The Labute approximate surface area is 172 Å². The second-order valence-electron chi connectivity index (χ2n) is 6.83. The van der Waals surface area contributed by atoms with Gasteiger partial charge in [0.1, 0.15) is 0 Å². The maximum absolute atomic E-state index is 12.9. The number of benzene rings is 1. The fraction of sp³-hybridized carbons (Fsp3) is 0.500. The van der Waals surface area contributed by atoms with Crippen molar-refractivity contribution < 1.29 is 14.3 Å². The number of nitrogens with zero attached hydrogens (tertiary/aromatic N) is 2. The highest BCUT2D eigenvalue weighted by molar-refractivity contribution is 9.10. The molecule has 0 saturated carbocycles. The van der Waals surface area contributed by atoms with Gasteiger partial charge in [0.05, 0.1) is 37.5 Å². The second-order valence-corrected chi connectivity index (χ2v) is 8.58. The predicted molar refractivity (Wildman–Crippen MR) is 112 cm³/mol. The summed E-state index contributed by atoms with van der Waals surface area (Å²) in [5, 5.41) is 2.72. The van der Waals surface area contributed by atoms with Crippen molar-refractivity contribution in [2.75, 3.05) is 24.7 Å². The molecule has 5 nitrogen and oxygen atoms in total. The third-order valence-electron chi connectivity index (χ3n) is 4.34. The third-order valence-corrected chi connectivity index (χ3v) is 5.73. The predicted octanol–water partition coefficient (Wildman–Crippen LogP) is 4.90. The highest BCUT2D eigenvalue weighted by Crippen LogP contribution is 2.29. The monoisotopic (exact) mass is 452 g/mol. The lowest BCUT2D eigenvalue weighted by Gasteiger charge is -2.23. The average molecular weight is 453 g/mol. The molecule has 1 aromatic carbocycles. The van der Waals surface area contributed by atoms with Gasteiger partial charge < -0.3 is 9.47 Å².